The number of nitrogens with zero attached hydrogens (tertiary/aromatic N) is 1. The minimum Gasteiger partial charge on any atom is -0.378 e. The van der Waals surface area contributed by atoms with Gasteiger partial charge in [0.2, 0.25) is 0 Å². The van der Waals surface area contributed by atoms with Crippen molar-refractivity contribution in [3.63, 3.8) is 0 Å². The lowest BCUT2D eigenvalue weighted by atomic mass is 10.2. The van der Waals surface area contributed by atoms with Crippen molar-refractivity contribution in [2.24, 2.45) is 0 Å². The minimum atomic E-state index is -0.115. The second kappa shape index (κ2) is 6.86. The van der Waals surface area contributed by atoms with Gasteiger partial charge in [-0.2, -0.15) is 0 Å². The zero-order valence-corrected chi connectivity index (χ0v) is 12.5. The van der Waals surface area contributed by atoms with Crippen molar-refractivity contribution < 1.29 is 9.53 Å². The Kier molecular flexibility index (Phi) is 5.15. The van der Waals surface area contributed by atoms with Crippen LogP contribution in [0.4, 0.5) is 5.82 Å². The van der Waals surface area contributed by atoms with Gasteiger partial charge in [0, 0.05) is 30.9 Å². The second-order valence-corrected chi connectivity index (χ2v) is 5.39. The average Bonchev–Trinajstić information content (AvgIpc) is 2.91. The van der Waals surface area contributed by atoms with E-state index in [9.17, 15) is 4.79 Å². The summed E-state index contributed by atoms with van der Waals surface area (Å²) in [5.41, 5.74) is 0.546. The highest BCUT2D eigenvalue weighted by molar-refractivity contribution is 9.10. The van der Waals surface area contributed by atoms with Crippen molar-refractivity contribution in [2.75, 3.05) is 25.5 Å². The predicted octanol–water partition coefficient (Wildman–Crippen LogP) is 2.18. The molecule has 6 heteroatoms. The van der Waals surface area contributed by atoms with Gasteiger partial charge in [-0.1, -0.05) is 0 Å². The smallest absolute Gasteiger partial charge is 0.255 e. The Balaban J connectivity index is 1.89. The topological polar surface area (TPSA) is 63.2 Å². The number of anilines is 1. The van der Waals surface area contributed by atoms with E-state index in [1.807, 2.05) is 0 Å². The van der Waals surface area contributed by atoms with Gasteiger partial charge in [-0.25, -0.2) is 4.98 Å². The van der Waals surface area contributed by atoms with Gasteiger partial charge in [-0.15, -0.1) is 0 Å². The average molecular weight is 328 g/mol. The van der Waals surface area contributed by atoms with Crippen LogP contribution in [0, 0.1) is 0 Å². The van der Waals surface area contributed by atoms with Crippen molar-refractivity contribution in [1.82, 2.24) is 10.3 Å². The Morgan fingerprint density at radius 3 is 3.16 bits per heavy atom. The minimum absolute atomic E-state index is 0.115. The first-order valence-corrected chi connectivity index (χ1v) is 7.23. The van der Waals surface area contributed by atoms with Crippen LogP contribution in [0.1, 0.15) is 29.6 Å². The van der Waals surface area contributed by atoms with Crippen LogP contribution in [-0.4, -0.2) is 37.2 Å². The maximum atomic E-state index is 12.1. The largest absolute Gasteiger partial charge is 0.378 e. The Bertz CT molecular complexity index is 448. The molecule has 0 spiro atoms. The molecule has 0 aliphatic carbocycles. The van der Waals surface area contributed by atoms with E-state index in [1.54, 1.807) is 19.3 Å². The number of halogens is 1. The Hall–Kier alpha value is -1.14. The number of rotatable bonds is 5. The number of ether oxygens (including phenoxy) is 1. The first-order chi connectivity index (χ1) is 9.20. The summed E-state index contributed by atoms with van der Waals surface area (Å²) in [6.07, 6.45) is 5.04. The van der Waals surface area contributed by atoms with Crippen LogP contribution >= 0.6 is 15.9 Å². The van der Waals surface area contributed by atoms with Crippen LogP contribution in [0.5, 0.6) is 0 Å². The van der Waals surface area contributed by atoms with Crippen molar-refractivity contribution in [3.8, 4) is 0 Å². The van der Waals surface area contributed by atoms with Crippen LogP contribution in [0.2, 0.25) is 0 Å². The number of pyridine rings is 1. The summed E-state index contributed by atoms with van der Waals surface area (Å²) >= 11 is 3.33. The summed E-state index contributed by atoms with van der Waals surface area (Å²) in [7, 11) is 1.75. The molecule has 1 amide bonds. The number of carbonyl (C=O) groups excluding carboxylic acids is 1. The van der Waals surface area contributed by atoms with Gasteiger partial charge in [0.1, 0.15) is 5.82 Å². The lowest BCUT2D eigenvalue weighted by molar-refractivity contribution is 0.0907. The first kappa shape index (κ1) is 14.3. The van der Waals surface area contributed by atoms with Gasteiger partial charge in [0.25, 0.3) is 5.91 Å². The second-order valence-electron chi connectivity index (χ2n) is 4.48. The van der Waals surface area contributed by atoms with Crippen LogP contribution in [0.25, 0.3) is 0 Å². The van der Waals surface area contributed by atoms with E-state index in [0.717, 1.165) is 30.3 Å². The maximum absolute atomic E-state index is 12.1. The molecule has 19 heavy (non-hydrogen) atoms. The van der Waals surface area contributed by atoms with Crippen molar-refractivity contribution in [1.29, 1.82) is 0 Å². The molecule has 1 aromatic heterocycles. The molecule has 1 aromatic rings. The lowest BCUT2D eigenvalue weighted by Gasteiger charge is -2.12. The van der Waals surface area contributed by atoms with Gasteiger partial charge in [-0.05, 0) is 41.3 Å². The van der Waals surface area contributed by atoms with E-state index < -0.39 is 0 Å². The van der Waals surface area contributed by atoms with Crippen LogP contribution in [-0.2, 0) is 4.74 Å². The lowest BCUT2D eigenvalue weighted by Crippen LogP contribution is -2.27. The molecule has 2 rings (SSSR count). The molecule has 0 radical (unpaired) electrons. The van der Waals surface area contributed by atoms with Gasteiger partial charge >= 0.3 is 0 Å². The third-order valence-corrected chi connectivity index (χ3v) is 3.55. The summed E-state index contributed by atoms with van der Waals surface area (Å²) < 4.78 is 6.31. The zero-order chi connectivity index (χ0) is 13.7. The van der Waals surface area contributed by atoms with E-state index in [4.69, 9.17) is 4.74 Å². The standard InChI is InChI=1S/C13H18BrN3O2/c1-15-12-11(7-9(14)8-17-12)13(18)16-5-4-10-3-2-6-19-10/h7-8,10H,2-6H2,1H3,(H,15,17)(H,16,18). The Morgan fingerprint density at radius 2 is 2.47 bits per heavy atom. The molecule has 1 fully saturated rings. The molecule has 1 aliphatic heterocycles. The van der Waals surface area contributed by atoms with E-state index in [0.29, 0.717) is 24.0 Å². The SMILES string of the molecule is CNc1ncc(Br)cc1C(=O)NCCC1CCCO1. The predicted molar refractivity (Wildman–Crippen MR) is 77.4 cm³/mol. The molecule has 0 bridgehead atoms. The Labute approximate surface area is 121 Å². The normalized spacial score (nSPS) is 18.3. The van der Waals surface area contributed by atoms with E-state index in [1.165, 1.54) is 0 Å². The number of hydrogen-bond acceptors (Lipinski definition) is 4. The molecule has 2 N–H and O–H groups in total. The molecule has 0 aromatic carbocycles. The summed E-state index contributed by atoms with van der Waals surface area (Å²) in [5, 5.41) is 5.83. The number of aromatic nitrogens is 1. The van der Waals surface area contributed by atoms with Gasteiger partial charge in [0.15, 0.2) is 0 Å². The van der Waals surface area contributed by atoms with Crippen LogP contribution in [0.3, 0.4) is 0 Å². The third-order valence-electron chi connectivity index (χ3n) is 3.11. The summed E-state index contributed by atoms with van der Waals surface area (Å²) in [5.74, 6) is 0.467. The summed E-state index contributed by atoms with van der Waals surface area (Å²) in [4.78, 5) is 16.3. The number of nitrogens with one attached hydrogen (secondary N) is 2. The third kappa shape index (κ3) is 3.91. The van der Waals surface area contributed by atoms with Gasteiger partial charge in [-0.3, -0.25) is 4.79 Å². The molecular formula is C13H18BrN3O2. The quantitative estimate of drug-likeness (QED) is 0.870. The summed E-state index contributed by atoms with van der Waals surface area (Å²) in [6, 6.07) is 1.76. The van der Waals surface area contributed by atoms with Crippen molar-refractivity contribution >= 4 is 27.7 Å². The van der Waals surface area contributed by atoms with Crippen LogP contribution in [0.15, 0.2) is 16.7 Å². The summed E-state index contributed by atoms with van der Waals surface area (Å²) in [6.45, 7) is 1.47. The molecular weight excluding hydrogens is 310 g/mol. The monoisotopic (exact) mass is 327 g/mol. The molecule has 104 valence electrons. The molecule has 5 nitrogen and oxygen atoms in total. The molecule has 2 heterocycles. The highest BCUT2D eigenvalue weighted by Crippen LogP contribution is 2.18. The van der Waals surface area contributed by atoms with E-state index in [-0.39, 0.29) is 5.91 Å². The van der Waals surface area contributed by atoms with Crippen molar-refractivity contribution in [3.05, 3.63) is 22.3 Å². The van der Waals surface area contributed by atoms with Crippen molar-refractivity contribution in [2.45, 2.75) is 25.4 Å². The molecule has 0 saturated carbocycles. The number of carbonyl (C=O) groups is 1. The van der Waals surface area contributed by atoms with Gasteiger partial charge < -0.3 is 15.4 Å². The van der Waals surface area contributed by atoms with E-state index in [2.05, 4.69) is 31.5 Å². The maximum Gasteiger partial charge on any atom is 0.255 e. The van der Waals surface area contributed by atoms with Crippen LogP contribution < -0.4 is 10.6 Å². The fourth-order valence-electron chi connectivity index (χ4n) is 2.13. The number of hydrogen-bond donors (Lipinski definition) is 2. The zero-order valence-electron chi connectivity index (χ0n) is 10.9. The first-order valence-electron chi connectivity index (χ1n) is 6.44. The highest BCUT2D eigenvalue weighted by Gasteiger charge is 2.16. The van der Waals surface area contributed by atoms with Gasteiger partial charge in [0.05, 0.1) is 11.7 Å². The molecule has 1 atom stereocenters. The molecule has 1 saturated heterocycles. The Morgan fingerprint density at radius 1 is 1.63 bits per heavy atom. The number of amides is 1. The fourth-order valence-corrected chi connectivity index (χ4v) is 2.46. The molecule has 1 unspecified atom stereocenters. The highest BCUT2D eigenvalue weighted by atomic mass is 79.9. The fraction of sp³-hybridized carbons (Fsp3) is 0.538. The van der Waals surface area contributed by atoms with E-state index >= 15 is 0 Å². The molecule has 1 aliphatic rings.